The van der Waals surface area contributed by atoms with E-state index in [9.17, 15) is 4.79 Å². The summed E-state index contributed by atoms with van der Waals surface area (Å²) in [6.45, 7) is 0.226. The lowest BCUT2D eigenvalue weighted by Crippen LogP contribution is -2.82. The molecule has 2 bridgehead atoms. The molecule has 0 unspecified atom stereocenters. The Morgan fingerprint density at radius 2 is 2.07 bits per heavy atom. The van der Waals surface area contributed by atoms with Crippen molar-refractivity contribution in [3.8, 4) is 0 Å². The molecule has 3 N–H and O–H groups in total. The minimum atomic E-state index is 0.0312. The summed E-state index contributed by atoms with van der Waals surface area (Å²) in [4.78, 5) is 11.5. The van der Waals surface area contributed by atoms with E-state index in [-0.39, 0.29) is 23.6 Å². The number of rotatable bonds is 4. The van der Waals surface area contributed by atoms with Gasteiger partial charge in [0.15, 0.2) is 0 Å². The number of hydrogen-bond acceptors (Lipinski definition) is 3. The van der Waals surface area contributed by atoms with Gasteiger partial charge in [0.2, 0.25) is 5.91 Å². The Bertz CT molecular complexity index is 279. The van der Waals surface area contributed by atoms with Crippen molar-refractivity contribution in [3.05, 3.63) is 0 Å². The molecule has 0 saturated heterocycles. The number of nitrogens with two attached hydrogens (primary N) is 1. The maximum atomic E-state index is 11.5. The highest BCUT2D eigenvalue weighted by Gasteiger charge is 2.66. The monoisotopic (exact) mass is 210 g/mol. The summed E-state index contributed by atoms with van der Waals surface area (Å²) in [6.07, 6.45) is 6.67. The third kappa shape index (κ3) is 1.56. The lowest BCUT2D eigenvalue weighted by atomic mass is 9.44. The van der Waals surface area contributed by atoms with Crippen molar-refractivity contribution in [3.63, 3.8) is 0 Å². The molecule has 0 radical (unpaired) electrons. The quantitative estimate of drug-likeness (QED) is 0.701. The molecule has 4 aliphatic carbocycles. The van der Waals surface area contributed by atoms with Gasteiger partial charge >= 0.3 is 0 Å². The number of ether oxygens (including phenoxy) is 1. The molecule has 84 valence electrons. The highest BCUT2D eigenvalue weighted by Crippen LogP contribution is 2.58. The van der Waals surface area contributed by atoms with E-state index in [1.54, 1.807) is 0 Å². The van der Waals surface area contributed by atoms with E-state index < -0.39 is 0 Å². The van der Waals surface area contributed by atoms with Gasteiger partial charge in [0.25, 0.3) is 0 Å². The Labute approximate surface area is 89.5 Å². The van der Waals surface area contributed by atoms with E-state index in [1.807, 2.05) is 0 Å². The van der Waals surface area contributed by atoms with Crippen molar-refractivity contribution in [1.29, 1.82) is 0 Å². The Kier molecular flexibility index (Phi) is 1.89. The highest BCUT2D eigenvalue weighted by molar-refractivity contribution is 5.79. The van der Waals surface area contributed by atoms with Gasteiger partial charge in [0, 0.05) is 11.1 Å². The van der Waals surface area contributed by atoms with Crippen LogP contribution < -0.4 is 11.1 Å². The van der Waals surface area contributed by atoms with Crippen LogP contribution in [0.2, 0.25) is 0 Å². The number of carbonyl (C=O) groups excluding carboxylic acids is 1. The van der Waals surface area contributed by atoms with E-state index in [0.717, 1.165) is 32.1 Å². The van der Waals surface area contributed by atoms with E-state index in [1.165, 1.54) is 6.42 Å². The van der Waals surface area contributed by atoms with E-state index in [0.29, 0.717) is 6.10 Å². The molecule has 4 aliphatic rings. The standard InChI is InChI=1S/C11H18N2O2/c12-10-5-11(6-10,7-10)13-9(14)4-15-8-2-1-3-8/h8H,1-7,12H2,(H,13,14). The van der Waals surface area contributed by atoms with Crippen LogP contribution in [0.1, 0.15) is 38.5 Å². The van der Waals surface area contributed by atoms with Gasteiger partial charge in [-0.05, 0) is 38.5 Å². The van der Waals surface area contributed by atoms with Gasteiger partial charge in [0.1, 0.15) is 6.61 Å². The van der Waals surface area contributed by atoms with Crippen molar-refractivity contribution >= 4 is 5.91 Å². The molecule has 0 aromatic carbocycles. The minimum Gasteiger partial charge on any atom is -0.368 e. The van der Waals surface area contributed by atoms with Gasteiger partial charge in [0.05, 0.1) is 6.10 Å². The van der Waals surface area contributed by atoms with Crippen molar-refractivity contribution in [2.75, 3.05) is 6.61 Å². The maximum Gasteiger partial charge on any atom is 0.246 e. The molecule has 4 rings (SSSR count). The zero-order valence-electron chi connectivity index (χ0n) is 8.92. The summed E-state index contributed by atoms with van der Waals surface area (Å²) in [5.41, 5.74) is 6.03. The predicted molar refractivity (Wildman–Crippen MR) is 55.2 cm³/mol. The fourth-order valence-corrected chi connectivity index (χ4v) is 3.06. The third-order valence-corrected chi connectivity index (χ3v) is 3.98. The second kappa shape index (κ2) is 2.95. The van der Waals surface area contributed by atoms with Gasteiger partial charge in [-0.25, -0.2) is 0 Å². The van der Waals surface area contributed by atoms with Crippen LogP contribution in [-0.4, -0.2) is 29.7 Å². The first-order chi connectivity index (χ1) is 7.09. The zero-order valence-corrected chi connectivity index (χ0v) is 8.92. The van der Waals surface area contributed by atoms with Crippen LogP contribution in [0.5, 0.6) is 0 Å². The van der Waals surface area contributed by atoms with Crippen molar-refractivity contribution < 1.29 is 9.53 Å². The van der Waals surface area contributed by atoms with Crippen LogP contribution in [0.4, 0.5) is 0 Å². The zero-order chi connectivity index (χ0) is 10.5. The molecular weight excluding hydrogens is 192 g/mol. The van der Waals surface area contributed by atoms with E-state index >= 15 is 0 Å². The van der Waals surface area contributed by atoms with Crippen LogP contribution in [0.15, 0.2) is 0 Å². The smallest absolute Gasteiger partial charge is 0.246 e. The minimum absolute atomic E-state index is 0.0312. The molecule has 4 heteroatoms. The Morgan fingerprint density at radius 1 is 1.40 bits per heavy atom. The van der Waals surface area contributed by atoms with Crippen LogP contribution in [0.25, 0.3) is 0 Å². The second-order valence-electron chi connectivity index (χ2n) is 5.59. The fourth-order valence-electron chi connectivity index (χ4n) is 3.06. The van der Waals surface area contributed by atoms with Crippen LogP contribution in [0, 0.1) is 0 Å². The average Bonchev–Trinajstić information content (AvgIpc) is 1.96. The first-order valence-corrected chi connectivity index (χ1v) is 5.81. The topological polar surface area (TPSA) is 64.3 Å². The summed E-state index contributed by atoms with van der Waals surface area (Å²) in [5.74, 6) is 0.0312. The number of carbonyl (C=O) groups is 1. The van der Waals surface area contributed by atoms with Gasteiger partial charge in [-0.1, -0.05) is 0 Å². The molecule has 4 fully saturated rings. The van der Waals surface area contributed by atoms with Crippen molar-refractivity contribution in [1.82, 2.24) is 5.32 Å². The highest BCUT2D eigenvalue weighted by atomic mass is 16.5. The molecule has 0 aromatic heterocycles. The number of amides is 1. The third-order valence-electron chi connectivity index (χ3n) is 3.98. The van der Waals surface area contributed by atoms with Gasteiger partial charge in [-0.2, -0.15) is 0 Å². The Balaban J connectivity index is 1.38. The first-order valence-electron chi connectivity index (χ1n) is 5.81. The van der Waals surface area contributed by atoms with Gasteiger partial charge < -0.3 is 15.8 Å². The SMILES string of the molecule is NC12CC(NC(=O)COC3CCC3)(C1)C2. The molecule has 0 atom stereocenters. The van der Waals surface area contributed by atoms with Crippen LogP contribution in [0.3, 0.4) is 0 Å². The first kappa shape index (κ1) is 9.60. The second-order valence-corrected chi connectivity index (χ2v) is 5.59. The van der Waals surface area contributed by atoms with E-state index in [4.69, 9.17) is 10.5 Å². The summed E-state index contributed by atoms with van der Waals surface area (Å²) < 4.78 is 5.45. The maximum absolute atomic E-state index is 11.5. The molecule has 4 saturated carbocycles. The molecule has 4 nitrogen and oxygen atoms in total. The summed E-state index contributed by atoms with van der Waals surface area (Å²) in [6, 6.07) is 0. The molecule has 15 heavy (non-hydrogen) atoms. The number of nitrogens with one attached hydrogen (secondary N) is 1. The van der Waals surface area contributed by atoms with Crippen LogP contribution >= 0.6 is 0 Å². The fraction of sp³-hybridized carbons (Fsp3) is 0.909. The normalized spacial score (nSPS) is 42.5. The van der Waals surface area contributed by atoms with Crippen molar-refractivity contribution in [2.45, 2.75) is 55.7 Å². The average molecular weight is 210 g/mol. The molecule has 0 aliphatic heterocycles. The summed E-state index contributed by atoms with van der Waals surface area (Å²) in [7, 11) is 0. The largest absolute Gasteiger partial charge is 0.368 e. The predicted octanol–water partition coefficient (Wildman–Crippen LogP) is 0.305. The number of hydrogen-bond donors (Lipinski definition) is 2. The lowest BCUT2D eigenvalue weighted by Gasteiger charge is -2.68. The molecule has 1 amide bonds. The molecule has 0 spiro atoms. The van der Waals surface area contributed by atoms with E-state index in [2.05, 4.69) is 5.32 Å². The molecule has 0 heterocycles. The van der Waals surface area contributed by atoms with Gasteiger partial charge in [-0.3, -0.25) is 4.79 Å². The van der Waals surface area contributed by atoms with Crippen molar-refractivity contribution in [2.24, 2.45) is 5.73 Å². The molecule has 0 aromatic rings. The Hall–Kier alpha value is -0.610. The van der Waals surface area contributed by atoms with Gasteiger partial charge in [-0.15, -0.1) is 0 Å². The lowest BCUT2D eigenvalue weighted by molar-refractivity contribution is -0.143. The molecular formula is C11H18N2O2. The summed E-state index contributed by atoms with van der Waals surface area (Å²) >= 11 is 0. The Morgan fingerprint density at radius 3 is 2.53 bits per heavy atom. The summed E-state index contributed by atoms with van der Waals surface area (Å²) in [5, 5.41) is 3.04. The van der Waals surface area contributed by atoms with Crippen LogP contribution in [-0.2, 0) is 9.53 Å².